The van der Waals surface area contributed by atoms with Gasteiger partial charge in [0.1, 0.15) is 0 Å². The van der Waals surface area contributed by atoms with Gasteiger partial charge in [-0.05, 0) is 30.2 Å². The minimum atomic E-state index is 0.165. The van der Waals surface area contributed by atoms with E-state index in [2.05, 4.69) is 82.4 Å². The largest absolute Gasteiger partial charge is 0.371 e. The fraction of sp³-hybridized carbons (Fsp3) is 0.333. The third-order valence-corrected chi connectivity index (χ3v) is 4.70. The molecular formula is C18H20BrNO. The third-order valence-electron chi connectivity index (χ3n) is 4.17. The highest BCUT2D eigenvalue weighted by Crippen LogP contribution is 2.29. The van der Waals surface area contributed by atoms with Gasteiger partial charge in [0.15, 0.2) is 0 Å². The first-order chi connectivity index (χ1) is 10.2. The van der Waals surface area contributed by atoms with E-state index in [9.17, 15) is 0 Å². The molecule has 21 heavy (non-hydrogen) atoms. The van der Waals surface area contributed by atoms with E-state index in [0.717, 1.165) is 24.2 Å². The molecule has 1 aliphatic heterocycles. The molecule has 0 spiro atoms. The Bertz CT molecular complexity index is 570. The van der Waals surface area contributed by atoms with Gasteiger partial charge in [-0.2, -0.15) is 0 Å². The van der Waals surface area contributed by atoms with E-state index < -0.39 is 0 Å². The van der Waals surface area contributed by atoms with Gasteiger partial charge in [0.05, 0.1) is 12.7 Å². The van der Waals surface area contributed by atoms with Crippen LogP contribution in [0.1, 0.15) is 30.2 Å². The number of hydrogen-bond donors (Lipinski definition) is 0. The zero-order valence-electron chi connectivity index (χ0n) is 12.2. The minimum Gasteiger partial charge on any atom is -0.371 e. The van der Waals surface area contributed by atoms with E-state index in [0.29, 0.717) is 6.04 Å². The van der Waals surface area contributed by atoms with Gasteiger partial charge < -0.3 is 4.74 Å². The van der Waals surface area contributed by atoms with E-state index in [-0.39, 0.29) is 6.10 Å². The average molecular weight is 346 g/mol. The van der Waals surface area contributed by atoms with Crippen molar-refractivity contribution in [2.24, 2.45) is 0 Å². The van der Waals surface area contributed by atoms with Gasteiger partial charge in [-0.25, -0.2) is 0 Å². The molecule has 2 atom stereocenters. The summed E-state index contributed by atoms with van der Waals surface area (Å²) in [6.45, 7) is 5.00. The molecule has 1 aliphatic rings. The van der Waals surface area contributed by atoms with Crippen LogP contribution in [0.3, 0.4) is 0 Å². The van der Waals surface area contributed by atoms with E-state index in [1.807, 2.05) is 0 Å². The summed E-state index contributed by atoms with van der Waals surface area (Å²) in [5.74, 6) is 0. The van der Waals surface area contributed by atoms with Crippen LogP contribution in [-0.4, -0.2) is 24.6 Å². The number of hydrogen-bond acceptors (Lipinski definition) is 2. The highest BCUT2D eigenvalue weighted by Gasteiger charge is 2.25. The summed E-state index contributed by atoms with van der Waals surface area (Å²) in [6.07, 6.45) is 0.165. The molecule has 110 valence electrons. The average Bonchev–Trinajstić information content (AvgIpc) is 2.56. The molecule has 3 rings (SSSR count). The molecule has 2 aromatic carbocycles. The van der Waals surface area contributed by atoms with E-state index in [1.165, 1.54) is 11.1 Å². The predicted molar refractivity (Wildman–Crippen MR) is 89.3 cm³/mol. The van der Waals surface area contributed by atoms with Crippen LogP contribution in [-0.2, 0) is 4.74 Å². The molecule has 1 saturated heterocycles. The van der Waals surface area contributed by atoms with Crippen molar-refractivity contribution < 1.29 is 4.74 Å². The molecule has 0 saturated carbocycles. The maximum absolute atomic E-state index is 5.96. The summed E-state index contributed by atoms with van der Waals surface area (Å²) in [5.41, 5.74) is 2.62. The van der Waals surface area contributed by atoms with Crippen LogP contribution in [0.2, 0.25) is 0 Å². The Balaban J connectivity index is 1.72. The van der Waals surface area contributed by atoms with Crippen molar-refractivity contribution in [1.29, 1.82) is 0 Å². The first-order valence-corrected chi connectivity index (χ1v) is 8.19. The Kier molecular flexibility index (Phi) is 4.73. The van der Waals surface area contributed by atoms with E-state index >= 15 is 0 Å². The van der Waals surface area contributed by atoms with Gasteiger partial charge in [0.2, 0.25) is 0 Å². The molecular weight excluding hydrogens is 326 g/mol. The zero-order valence-corrected chi connectivity index (χ0v) is 13.8. The Morgan fingerprint density at radius 2 is 1.81 bits per heavy atom. The summed E-state index contributed by atoms with van der Waals surface area (Å²) in [7, 11) is 0. The second-order valence-electron chi connectivity index (χ2n) is 5.49. The number of morpholine rings is 1. The molecule has 0 bridgehead atoms. The minimum absolute atomic E-state index is 0.165. The number of ether oxygens (including phenoxy) is 1. The summed E-state index contributed by atoms with van der Waals surface area (Å²) in [5, 5.41) is 0. The summed E-state index contributed by atoms with van der Waals surface area (Å²) < 4.78 is 7.07. The van der Waals surface area contributed by atoms with Gasteiger partial charge in [0, 0.05) is 23.6 Å². The Morgan fingerprint density at radius 1 is 1.10 bits per heavy atom. The van der Waals surface area contributed by atoms with Crippen LogP contribution < -0.4 is 0 Å². The van der Waals surface area contributed by atoms with Crippen molar-refractivity contribution >= 4 is 15.9 Å². The lowest BCUT2D eigenvalue weighted by atomic mass is 10.0. The van der Waals surface area contributed by atoms with Crippen LogP contribution in [0, 0.1) is 0 Å². The highest BCUT2D eigenvalue weighted by atomic mass is 79.9. The lowest BCUT2D eigenvalue weighted by Gasteiger charge is -2.37. The van der Waals surface area contributed by atoms with Crippen LogP contribution in [0.4, 0.5) is 0 Å². The summed E-state index contributed by atoms with van der Waals surface area (Å²) in [6, 6.07) is 19.6. The van der Waals surface area contributed by atoms with E-state index in [1.54, 1.807) is 0 Å². The van der Waals surface area contributed by atoms with Crippen molar-refractivity contribution in [3.63, 3.8) is 0 Å². The van der Waals surface area contributed by atoms with Crippen LogP contribution >= 0.6 is 15.9 Å². The van der Waals surface area contributed by atoms with Crippen molar-refractivity contribution in [2.75, 3.05) is 19.7 Å². The second kappa shape index (κ2) is 6.73. The number of rotatable bonds is 3. The summed E-state index contributed by atoms with van der Waals surface area (Å²) >= 11 is 3.48. The molecule has 1 heterocycles. The van der Waals surface area contributed by atoms with Crippen molar-refractivity contribution in [2.45, 2.75) is 19.1 Å². The molecule has 1 unspecified atom stereocenters. The lowest BCUT2D eigenvalue weighted by Crippen LogP contribution is -2.39. The molecule has 0 aliphatic carbocycles. The maximum Gasteiger partial charge on any atom is 0.0952 e. The first kappa shape index (κ1) is 14.8. The maximum atomic E-state index is 5.96. The van der Waals surface area contributed by atoms with E-state index in [4.69, 9.17) is 4.74 Å². The van der Waals surface area contributed by atoms with Gasteiger partial charge in [-0.3, -0.25) is 4.90 Å². The summed E-state index contributed by atoms with van der Waals surface area (Å²) in [4.78, 5) is 2.51. The fourth-order valence-electron chi connectivity index (χ4n) is 2.84. The molecule has 0 amide bonds. The van der Waals surface area contributed by atoms with Gasteiger partial charge in [-0.1, -0.05) is 58.4 Å². The normalized spacial score (nSPS) is 21.1. The van der Waals surface area contributed by atoms with Gasteiger partial charge >= 0.3 is 0 Å². The monoisotopic (exact) mass is 345 g/mol. The van der Waals surface area contributed by atoms with Gasteiger partial charge in [-0.15, -0.1) is 0 Å². The first-order valence-electron chi connectivity index (χ1n) is 7.40. The molecule has 2 aromatic rings. The second-order valence-corrected chi connectivity index (χ2v) is 6.41. The van der Waals surface area contributed by atoms with Crippen LogP contribution in [0.25, 0.3) is 0 Å². The number of halogens is 1. The smallest absolute Gasteiger partial charge is 0.0952 e. The third kappa shape index (κ3) is 3.54. The van der Waals surface area contributed by atoms with Gasteiger partial charge in [0.25, 0.3) is 0 Å². The molecule has 2 nitrogen and oxygen atoms in total. The molecule has 0 aromatic heterocycles. The predicted octanol–water partition coefficient (Wildman–Crippen LogP) is 4.58. The topological polar surface area (TPSA) is 12.5 Å². The zero-order chi connectivity index (χ0) is 14.7. The quantitative estimate of drug-likeness (QED) is 0.806. The fourth-order valence-corrected chi connectivity index (χ4v) is 3.11. The molecule has 0 N–H and O–H groups in total. The Hall–Kier alpha value is -1.16. The number of benzene rings is 2. The van der Waals surface area contributed by atoms with Crippen molar-refractivity contribution in [3.8, 4) is 0 Å². The number of nitrogens with zero attached hydrogens (tertiary/aromatic N) is 1. The molecule has 1 fully saturated rings. The SMILES string of the molecule is C[C@H](c1ccccc1)N1CCOC(c2ccc(Br)cc2)C1. The Labute approximate surface area is 134 Å². The lowest BCUT2D eigenvalue weighted by molar-refractivity contribution is -0.0431. The molecule has 0 radical (unpaired) electrons. The standard InChI is InChI=1S/C18H20BrNO/c1-14(15-5-3-2-4-6-15)20-11-12-21-18(13-20)16-7-9-17(19)10-8-16/h2-10,14,18H,11-13H2,1H3/t14-,18?/m1/s1. The van der Waals surface area contributed by atoms with Crippen molar-refractivity contribution in [1.82, 2.24) is 4.90 Å². The highest BCUT2D eigenvalue weighted by molar-refractivity contribution is 9.10. The van der Waals surface area contributed by atoms with Crippen LogP contribution in [0.5, 0.6) is 0 Å². The van der Waals surface area contributed by atoms with Crippen molar-refractivity contribution in [3.05, 3.63) is 70.2 Å². The Morgan fingerprint density at radius 3 is 2.52 bits per heavy atom. The van der Waals surface area contributed by atoms with Crippen LogP contribution in [0.15, 0.2) is 59.1 Å². The molecule has 3 heteroatoms.